The minimum Gasteiger partial charge on any atom is -0.478 e. The molecule has 16 heavy (non-hydrogen) atoms. The first-order chi connectivity index (χ1) is 7.40. The van der Waals surface area contributed by atoms with Crippen LogP contribution < -0.4 is 5.32 Å². The van der Waals surface area contributed by atoms with Crippen LogP contribution in [0.1, 0.15) is 24.2 Å². The molecule has 0 aromatic heterocycles. The summed E-state index contributed by atoms with van der Waals surface area (Å²) >= 11 is 1.38. The van der Waals surface area contributed by atoms with Gasteiger partial charge in [-0.3, -0.25) is 4.79 Å². The van der Waals surface area contributed by atoms with E-state index in [0.29, 0.717) is 5.69 Å². The van der Waals surface area contributed by atoms with Gasteiger partial charge in [0.2, 0.25) is 5.91 Å². The second-order valence-electron chi connectivity index (χ2n) is 4.08. The number of thioether (sulfide) groups is 1. The number of carboxylic acids is 1. The molecule has 0 bridgehead atoms. The largest absolute Gasteiger partial charge is 0.478 e. The highest BCUT2D eigenvalue weighted by Crippen LogP contribution is 2.42. The van der Waals surface area contributed by atoms with E-state index < -0.39 is 10.7 Å². The number of hydrogen-bond donors (Lipinski definition) is 2. The van der Waals surface area contributed by atoms with Crippen LogP contribution >= 0.6 is 11.8 Å². The van der Waals surface area contributed by atoms with Gasteiger partial charge in [0.1, 0.15) is 0 Å². The first-order valence-corrected chi connectivity index (χ1v) is 5.59. The third-order valence-corrected chi connectivity index (χ3v) is 3.64. The van der Waals surface area contributed by atoms with Crippen LogP contribution in [0.25, 0.3) is 0 Å². The molecule has 0 unspecified atom stereocenters. The zero-order valence-electron chi connectivity index (χ0n) is 8.90. The number of fused-ring (bicyclic) bond motifs is 1. The predicted octanol–water partition coefficient (Wildman–Crippen LogP) is 2.21. The van der Waals surface area contributed by atoms with E-state index >= 15 is 0 Å². The van der Waals surface area contributed by atoms with Crippen molar-refractivity contribution in [2.75, 3.05) is 5.32 Å². The molecular formula is C11H11NO3S. The molecule has 0 saturated heterocycles. The van der Waals surface area contributed by atoms with Crippen LogP contribution in [0.3, 0.4) is 0 Å². The molecule has 84 valence electrons. The summed E-state index contributed by atoms with van der Waals surface area (Å²) in [6.07, 6.45) is 0. The summed E-state index contributed by atoms with van der Waals surface area (Å²) in [4.78, 5) is 23.3. The average molecular weight is 237 g/mol. The monoisotopic (exact) mass is 237 g/mol. The Labute approximate surface area is 97.0 Å². The van der Waals surface area contributed by atoms with Gasteiger partial charge in [-0.25, -0.2) is 4.79 Å². The molecule has 1 aliphatic heterocycles. The maximum absolute atomic E-state index is 11.6. The van der Waals surface area contributed by atoms with Crippen LogP contribution in [-0.2, 0) is 4.79 Å². The molecule has 1 amide bonds. The molecule has 0 radical (unpaired) electrons. The summed E-state index contributed by atoms with van der Waals surface area (Å²) in [5, 5.41) is 11.6. The van der Waals surface area contributed by atoms with E-state index in [1.54, 1.807) is 12.1 Å². The number of carbonyl (C=O) groups excluding carboxylic acids is 1. The summed E-state index contributed by atoms with van der Waals surface area (Å²) in [6.45, 7) is 3.62. The Bertz CT molecular complexity index is 482. The number of amides is 1. The standard InChI is InChI=1S/C11H11NO3S/c1-11(2)10(15)12-7-4-3-6(9(13)14)5-8(7)16-11/h3-5H,1-2H3,(H,12,15)(H,13,14). The maximum atomic E-state index is 11.6. The van der Waals surface area contributed by atoms with Crippen LogP contribution in [0, 0.1) is 0 Å². The number of rotatable bonds is 1. The van der Waals surface area contributed by atoms with Gasteiger partial charge >= 0.3 is 5.97 Å². The van der Waals surface area contributed by atoms with Gasteiger partial charge in [-0.15, -0.1) is 11.8 Å². The van der Waals surface area contributed by atoms with Crippen molar-refractivity contribution < 1.29 is 14.7 Å². The quantitative estimate of drug-likeness (QED) is 0.785. The Hall–Kier alpha value is -1.49. The number of carbonyl (C=O) groups is 2. The smallest absolute Gasteiger partial charge is 0.335 e. The summed E-state index contributed by atoms with van der Waals surface area (Å²) in [6, 6.07) is 4.70. The third-order valence-electron chi connectivity index (χ3n) is 2.39. The second kappa shape index (κ2) is 3.52. The van der Waals surface area contributed by atoms with Crippen LogP contribution in [0.15, 0.2) is 23.1 Å². The van der Waals surface area contributed by atoms with Crippen LogP contribution in [0.2, 0.25) is 0 Å². The number of hydrogen-bond acceptors (Lipinski definition) is 3. The van der Waals surface area contributed by atoms with Crippen molar-refractivity contribution in [1.82, 2.24) is 0 Å². The van der Waals surface area contributed by atoms with E-state index in [1.165, 1.54) is 17.8 Å². The molecule has 4 nitrogen and oxygen atoms in total. The van der Waals surface area contributed by atoms with E-state index in [1.807, 2.05) is 13.8 Å². The van der Waals surface area contributed by atoms with Crippen LogP contribution in [0.4, 0.5) is 5.69 Å². The summed E-state index contributed by atoms with van der Waals surface area (Å²) in [7, 11) is 0. The zero-order chi connectivity index (χ0) is 11.9. The molecule has 1 aromatic rings. The first kappa shape index (κ1) is 11.0. The van der Waals surface area contributed by atoms with Gasteiger partial charge in [0, 0.05) is 4.90 Å². The topological polar surface area (TPSA) is 66.4 Å². The predicted molar refractivity (Wildman–Crippen MR) is 62.0 cm³/mol. The van der Waals surface area contributed by atoms with Gasteiger partial charge in [0.15, 0.2) is 0 Å². The molecule has 1 heterocycles. The van der Waals surface area contributed by atoms with Crippen molar-refractivity contribution in [3.8, 4) is 0 Å². The maximum Gasteiger partial charge on any atom is 0.335 e. The molecule has 1 aliphatic rings. The highest BCUT2D eigenvalue weighted by atomic mass is 32.2. The fraction of sp³-hybridized carbons (Fsp3) is 0.273. The highest BCUT2D eigenvalue weighted by Gasteiger charge is 2.34. The van der Waals surface area contributed by atoms with E-state index in [0.717, 1.165) is 4.90 Å². The first-order valence-electron chi connectivity index (χ1n) is 4.78. The number of aromatic carboxylic acids is 1. The molecule has 5 heteroatoms. The Kier molecular flexibility index (Phi) is 2.42. The van der Waals surface area contributed by atoms with Crippen molar-refractivity contribution in [1.29, 1.82) is 0 Å². The fourth-order valence-corrected chi connectivity index (χ4v) is 2.55. The second-order valence-corrected chi connectivity index (χ2v) is 5.75. The molecule has 0 aliphatic carbocycles. The van der Waals surface area contributed by atoms with Gasteiger partial charge in [-0.05, 0) is 32.0 Å². The lowest BCUT2D eigenvalue weighted by Crippen LogP contribution is -2.37. The molecule has 0 fully saturated rings. The van der Waals surface area contributed by atoms with Crippen LogP contribution in [0.5, 0.6) is 0 Å². The molecular weight excluding hydrogens is 226 g/mol. The zero-order valence-corrected chi connectivity index (χ0v) is 9.72. The number of anilines is 1. The van der Waals surface area contributed by atoms with Gasteiger partial charge in [-0.2, -0.15) is 0 Å². The van der Waals surface area contributed by atoms with Gasteiger partial charge in [0.05, 0.1) is 16.0 Å². The Morgan fingerprint density at radius 2 is 2.12 bits per heavy atom. The summed E-state index contributed by atoms with van der Waals surface area (Å²) < 4.78 is -0.565. The van der Waals surface area contributed by atoms with E-state index in [4.69, 9.17) is 5.11 Å². The fourth-order valence-electron chi connectivity index (χ4n) is 1.44. The lowest BCUT2D eigenvalue weighted by Gasteiger charge is -2.29. The average Bonchev–Trinajstić information content (AvgIpc) is 2.18. The molecule has 2 rings (SSSR count). The third kappa shape index (κ3) is 1.78. The van der Waals surface area contributed by atoms with Crippen LogP contribution in [-0.4, -0.2) is 21.7 Å². The Morgan fingerprint density at radius 3 is 2.75 bits per heavy atom. The van der Waals surface area contributed by atoms with Crippen molar-refractivity contribution in [2.45, 2.75) is 23.5 Å². The Balaban J connectivity index is 2.45. The van der Waals surface area contributed by atoms with Crippen molar-refractivity contribution in [3.63, 3.8) is 0 Å². The van der Waals surface area contributed by atoms with Gasteiger partial charge in [0.25, 0.3) is 0 Å². The highest BCUT2D eigenvalue weighted by molar-refractivity contribution is 8.01. The van der Waals surface area contributed by atoms with Crippen molar-refractivity contribution >= 4 is 29.3 Å². The summed E-state index contributed by atoms with van der Waals surface area (Å²) in [5.41, 5.74) is 0.914. The lowest BCUT2D eigenvalue weighted by atomic mass is 10.1. The van der Waals surface area contributed by atoms with Gasteiger partial charge < -0.3 is 10.4 Å². The lowest BCUT2D eigenvalue weighted by molar-refractivity contribution is -0.117. The molecule has 0 saturated carbocycles. The number of nitrogens with one attached hydrogen (secondary N) is 1. The number of benzene rings is 1. The van der Waals surface area contributed by atoms with Gasteiger partial charge in [-0.1, -0.05) is 0 Å². The van der Waals surface area contributed by atoms with Crippen molar-refractivity contribution in [3.05, 3.63) is 23.8 Å². The minimum absolute atomic E-state index is 0.0620. The van der Waals surface area contributed by atoms with E-state index in [-0.39, 0.29) is 11.5 Å². The molecule has 0 atom stereocenters. The molecule has 1 aromatic carbocycles. The van der Waals surface area contributed by atoms with Crippen molar-refractivity contribution in [2.24, 2.45) is 0 Å². The van der Waals surface area contributed by atoms with E-state index in [2.05, 4.69) is 5.32 Å². The normalized spacial score (nSPS) is 17.5. The van der Waals surface area contributed by atoms with E-state index in [9.17, 15) is 9.59 Å². The minimum atomic E-state index is -0.960. The molecule has 0 spiro atoms. The SMILES string of the molecule is CC1(C)Sc2cc(C(=O)O)ccc2NC1=O. The molecule has 2 N–H and O–H groups in total. The Morgan fingerprint density at radius 1 is 1.44 bits per heavy atom. The number of carboxylic acid groups (broad SMARTS) is 1. The summed E-state index contributed by atoms with van der Waals surface area (Å²) in [5.74, 6) is -1.02.